The van der Waals surface area contributed by atoms with Gasteiger partial charge in [-0.15, -0.1) is 0 Å². The van der Waals surface area contributed by atoms with Crippen molar-refractivity contribution in [2.45, 2.75) is 51.6 Å². The van der Waals surface area contributed by atoms with Gasteiger partial charge in [-0.2, -0.15) is 5.10 Å². The van der Waals surface area contributed by atoms with Crippen molar-refractivity contribution in [1.82, 2.24) is 15.1 Å². The number of benzene rings is 1. The molecule has 0 spiro atoms. The monoisotopic (exact) mass is 361 g/mol. The highest BCUT2D eigenvalue weighted by atomic mass is 19.1. The molecule has 1 N–H and O–H groups in total. The Kier molecular flexibility index (Phi) is 5.44. The van der Waals surface area contributed by atoms with Crippen molar-refractivity contribution < 1.29 is 13.6 Å². The van der Waals surface area contributed by atoms with E-state index in [1.165, 1.54) is 10.7 Å². The molecule has 1 aromatic carbocycles. The van der Waals surface area contributed by atoms with Gasteiger partial charge in [0.2, 0.25) is 0 Å². The molecule has 26 heavy (non-hydrogen) atoms. The number of carbonyl (C=O) groups excluding carboxylic acids is 1. The minimum absolute atomic E-state index is 0.133. The van der Waals surface area contributed by atoms with E-state index in [1.54, 1.807) is 13.0 Å². The highest BCUT2D eigenvalue weighted by molar-refractivity contribution is 5.94. The molecular formula is C19H21F2N3O2. The smallest absolute Gasteiger partial charge is 0.267 e. The van der Waals surface area contributed by atoms with Crippen LogP contribution in [0.5, 0.6) is 0 Å². The zero-order valence-corrected chi connectivity index (χ0v) is 14.6. The summed E-state index contributed by atoms with van der Waals surface area (Å²) in [6, 6.07) is 4.35. The zero-order chi connectivity index (χ0) is 18.7. The third-order valence-electron chi connectivity index (χ3n) is 4.54. The average molecular weight is 361 g/mol. The van der Waals surface area contributed by atoms with E-state index in [1.807, 2.05) is 0 Å². The first-order valence-electron chi connectivity index (χ1n) is 8.80. The summed E-state index contributed by atoms with van der Waals surface area (Å²) in [5.41, 5.74) is 1.06. The van der Waals surface area contributed by atoms with Crippen LogP contribution in [0.4, 0.5) is 8.78 Å². The van der Waals surface area contributed by atoms with Crippen LogP contribution in [0.15, 0.2) is 29.1 Å². The number of fused-ring (bicyclic) bond motifs is 1. The van der Waals surface area contributed by atoms with Gasteiger partial charge in [-0.25, -0.2) is 13.5 Å². The first kappa shape index (κ1) is 18.2. The Morgan fingerprint density at radius 2 is 1.92 bits per heavy atom. The molecule has 1 heterocycles. The molecule has 1 atom stereocenters. The molecule has 0 saturated carbocycles. The number of halogens is 2. The quantitative estimate of drug-likeness (QED) is 0.852. The Hall–Kier alpha value is -2.57. The maximum absolute atomic E-state index is 13.7. The van der Waals surface area contributed by atoms with Crippen LogP contribution in [0.25, 0.3) is 0 Å². The number of rotatable bonds is 4. The van der Waals surface area contributed by atoms with Crippen LogP contribution in [0.2, 0.25) is 0 Å². The first-order chi connectivity index (χ1) is 12.5. The third-order valence-corrected chi connectivity index (χ3v) is 4.54. The summed E-state index contributed by atoms with van der Waals surface area (Å²) in [4.78, 5) is 24.4. The molecule has 7 heteroatoms. The zero-order valence-electron chi connectivity index (χ0n) is 14.6. The normalized spacial score (nSPS) is 15.0. The summed E-state index contributed by atoms with van der Waals surface area (Å²) < 4.78 is 28.7. The van der Waals surface area contributed by atoms with Gasteiger partial charge in [0, 0.05) is 12.1 Å². The number of hydrogen-bond donors (Lipinski definition) is 1. The van der Waals surface area contributed by atoms with Gasteiger partial charge in [-0.05, 0) is 50.3 Å². The van der Waals surface area contributed by atoms with E-state index in [9.17, 15) is 18.4 Å². The van der Waals surface area contributed by atoms with Gasteiger partial charge in [0.25, 0.3) is 11.5 Å². The molecule has 0 saturated heterocycles. The highest BCUT2D eigenvalue weighted by Crippen LogP contribution is 2.17. The molecule has 0 aliphatic heterocycles. The van der Waals surface area contributed by atoms with E-state index in [0.717, 1.165) is 55.5 Å². The number of carbonyl (C=O) groups is 1. The molecular weight excluding hydrogens is 340 g/mol. The molecule has 0 fully saturated rings. The van der Waals surface area contributed by atoms with Gasteiger partial charge in [0.1, 0.15) is 17.2 Å². The predicted octanol–water partition coefficient (Wildman–Crippen LogP) is 2.61. The van der Waals surface area contributed by atoms with Crippen molar-refractivity contribution in [3.05, 3.63) is 63.1 Å². The predicted molar refractivity (Wildman–Crippen MR) is 93.0 cm³/mol. The van der Waals surface area contributed by atoms with Crippen LogP contribution >= 0.6 is 0 Å². The maximum atomic E-state index is 13.7. The van der Waals surface area contributed by atoms with E-state index in [0.29, 0.717) is 0 Å². The minimum atomic E-state index is -0.921. The Balaban J connectivity index is 1.74. The van der Waals surface area contributed by atoms with Gasteiger partial charge in [0.15, 0.2) is 0 Å². The molecule has 2 aromatic rings. The third kappa shape index (κ3) is 3.98. The van der Waals surface area contributed by atoms with Crippen LogP contribution in [0, 0.1) is 11.6 Å². The minimum Gasteiger partial charge on any atom is -0.348 e. The van der Waals surface area contributed by atoms with Gasteiger partial charge in [-0.3, -0.25) is 9.59 Å². The molecule has 0 bridgehead atoms. The molecule has 1 aromatic heterocycles. The van der Waals surface area contributed by atoms with Gasteiger partial charge < -0.3 is 5.32 Å². The van der Waals surface area contributed by atoms with Crippen LogP contribution in [-0.4, -0.2) is 21.7 Å². The number of nitrogens with one attached hydrogen (secondary N) is 1. The molecule has 138 valence electrons. The second-order valence-corrected chi connectivity index (χ2v) is 6.67. The molecule has 0 radical (unpaired) electrons. The average Bonchev–Trinajstić information content (AvgIpc) is 2.79. The van der Waals surface area contributed by atoms with Crippen molar-refractivity contribution in [3.63, 3.8) is 0 Å². The van der Waals surface area contributed by atoms with E-state index in [-0.39, 0.29) is 12.1 Å². The van der Waals surface area contributed by atoms with Gasteiger partial charge >= 0.3 is 0 Å². The van der Waals surface area contributed by atoms with E-state index in [4.69, 9.17) is 0 Å². The highest BCUT2D eigenvalue weighted by Gasteiger charge is 2.20. The Labute approximate surface area is 150 Å². The van der Waals surface area contributed by atoms with Crippen LogP contribution in [0.1, 0.15) is 47.8 Å². The summed E-state index contributed by atoms with van der Waals surface area (Å²) in [5.74, 6) is -2.69. The lowest BCUT2D eigenvalue weighted by molar-refractivity contribution is 0.0927. The van der Waals surface area contributed by atoms with Crippen LogP contribution < -0.4 is 10.9 Å². The number of aryl methyl sites for hydroxylation is 2. The summed E-state index contributed by atoms with van der Waals surface area (Å²) in [6.07, 6.45) is 4.90. The molecule has 1 aliphatic carbocycles. The first-order valence-corrected chi connectivity index (χ1v) is 8.80. The number of amides is 1. The Bertz CT molecular complexity index is 859. The van der Waals surface area contributed by atoms with E-state index in [2.05, 4.69) is 10.4 Å². The lowest BCUT2D eigenvalue weighted by Gasteiger charge is -2.16. The summed E-state index contributed by atoms with van der Waals surface area (Å²) in [5, 5.41) is 6.96. The molecule has 1 aliphatic rings. The fraction of sp³-hybridized carbons (Fsp3) is 0.421. The Morgan fingerprint density at radius 3 is 2.65 bits per heavy atom. The van der Waals surface area contributed by atoms with Crippen molar-refractivity contribution >= 4 is 5.91 Å². The van der Waals surface area contributed by atoms with Crippen LogP contribution in [0.3, 0.4) is 0 Å². The fourth-order valence-electron chi connectivity index (χ4n) is 3.22. The Morgan fingerprint density at radius 1 is 1.23 bits per heavy atom. The standard InChI is InChI=1S/C19H21F2N3O2/c1-12(22-19(26)18-14(20)7-5-8-15(18)21)11-24-17(25)10-13-6-3-2-4-9-16(13)23-24/h5,7-8,10,12H,2-4,6,9,11H2,1H3,(H,22,26)/t12-/m1/s1. The maximum Gasteiger partial charge on any atom is 0.267 e. The van der Waals surface area contributed by atoms with Crippen molar-refractivity contribution in [2.24, 2.45) is 0 Å². The van der Waals surface area contributed by atoms with Crippen molar-refractivity contribution in [1.29, 1.82) is 0 Å². The fourth-order valence-corrected chi connectivity index (χ4v) is 3.22. The lowest BCUT2D eigenvalue weighted by atomic mass is 10.1. The lowest BCUT2D eigenvalue weighted by Crippen LogP contribution is -2.40. The van der Waals surface area contributed by atoms with Gasteiger partial charge in [-0.1, -0.05) is 12.5 Å². The summed E-state index contributed by atoms with van der Waals surface area (Å²) >= 11 is 0. The van der Waals surface area contributed by atoms with Gasteiger partial charge in [0.05, 0.1) is 12.2 Å². The summed E-state index contributed by atoms with van der Waals surface area (Å²) in [6.45, 7) is 1.80. The number of hydrogen-bond acceptors (Lipinski definition) is 3. The number of aromatic nitrogens is 2. The number of nitrogens with zero attached hydrogens (tertiary/aromatic N) is 2. The van der Waals surface area contributed by atoms with E-state index >= 15 is 0 Å². The second-order valence-electron chi connectivity index (χ2n) is 6.67. The van der Waals surface area contributed by atoms with Crippen molar-refractivity contribution in [2.75, 3.05) is 0 Å². The van der Waals surface area contributed by atoms with Crippen molar-refractivity contribution in [3.8, 4) is 0 Å². The summed E-state index contributed by atoms with van der Waals surface area (Å²) in [7, 11) is 0. The topological polar surface area (TPSA) is 64.0 Å². The molecule has 0 unspecified atom stereocenters. The molecule has 3 rings (SSSR count). The van der Waals surface area contributed by atoms with Crippen LogP contribution in [-0.2, 0) is 19.4 Å². The SMILES string of the molecule is C[C@H](Cn1nc2c(cc1=O)CCCCC2)NC(=O)c1c(F)cccc1F. The van der Waals surface area contributed by atoms with E-state index < -0.39 is 29.1 Å². The molecule has 5 nitrogen and oxygen atoms in total. The molecule has 1 amide bonds. The second kappa shape index (κ2) is 7.76. The largest absolute Gasteiger partial charge is 0.348 e.